The molecule has 0 spiro atoms. The van der Waals surface area contributed by atoms with Gasteiger partial charge in [-0.2, -0.15) is 0 Å². The number of methoxy groups -OCH3 is 1. The SMILES string of the molecule is COc1ccc(OCCCCCC(C)=O)cc1. The fourth-order valence-electron chi connectivity index (χ4n) is 1.51. The summed E-state index contributed by atoms with van der Waals surface area (Å²) in [6.07, 6.45) is 3.67. The summed E-state index contributed by atoms with van der Waals surface area (Å²) in [4.78, 5) is 10.7. The minimum absolute atomic E-state index is 0.265. The van der Waals surface area contributed by atoms with Crippen molar-refractivity contribution in [1.82, 2.24) is 0 Å². The van der Waals surface area contributed by atoms with E-state index in [9.17, 15) is 4.79 Å². The lowest BCUT2D eigenvalue weighted by Gasteiger charge is -2.06. The van der Waals surface area contributed by atoms with Gasteiger partial charge in [0.2, 0.25) is 0 Å². The summed E-state index contributed by atoms with van der Waals surface area (Å²) in [5, 5.41) is 0. The van der Waals surface area contributed by atoms with Gasteiger partial charge in [0.05, 0.1) is 13.7 Å². The number of hydrogen-bond donors (Lipinski definition) is 0. The van der Waals surface area contributed by atoms with E-state index >= 15 is 0 Å². The predicted molar refractivity (Wildman–Crippen MR) is 67.6 cm³/mol. The zero-order valence-corrected chi connectivity index (χ0v) is 10.6. The van der Waals surface area contributed by atoms with E-state index in [2.05, 4.69) is 0 Å². The standard InChI is InChI=1S/C14H20O3/c1-12(15)6-4-3-5-11-17-14-9-7-13(16-2)8-10-14/h7-10H,3-6,11H2,1-2H3. The van der Waals surface area contributed by atoms with Crippen molar-refractivity contribution in [2.24, 2.45) is 0 Å². The van der Waals surface area contributed by atoms with Crippen molar-refractivity contribution >= 4 is 5.78 Å². The van der Waals surface area contributed by atoms with Crippen LogP contribution in [0.2, 0.25) is 0 Å². The highest BCUT2D eigenvalue weighted by atomic mass is 16.5. The fourth-order valence-corrected chi connectivity index (χ4v) is 1.51. The van der Waals surface area contributed by atoms with E-state index in [1.165, 1.54) is 0 Å². The van der Waals surface area contributed by atoms with Crippen molar-refractivity contribution in [2.45, 2.75) is 32.6 Å². The van der Waals surface area contributed by atoms with Gasteiger partial charge in [0.1, 0.15) is 17.3 Å². The summed E-state index contributed by atoms with van der Waals surface area (Å²) < 4.78 is 10.6. The Morgan fingerprint density at radius 3 is 2.29 bits per heavy atom. The Hall–Kier alpha value is -1.51. The molecule has 0 amide bonds. The van der Waals surface area contributed by atoms with Crippen LogP contribution < -0.4 is 9.47 Å². The van der Waals surface area contributed by atoms with Crippen LogP contribution in [-0.2, 0) is 4.79 Å². The first-order chi connectivity index (χ1) is 8.22. The van der Waals surface area contributed by atoms with E-state index in [0.29, 0.717) is 13.0 Å². The average molecular weight is 236 g/mol. The molecule has 0 saturated heterocycles. The predicted octanol–water partition coefficient (Wildman–Crippen LogP) is 3.22. The summed E-state index contributed by atoms with van der Waals surface area (Å²) in [5.41, 5.74) is 0. The highest BCUT2D eigenvalue weighted by molar-refractivity contribution is 5.75. The molecule has 1 rings (SSSR count). The van der Waals surface area contributed by atoms with E-state index < -0.39 is 0 Å². The molecule has 17 heavy (non-hydrogen) atoms. The molecule has 0 aliphatic heterocycles. The van der Waals surface area contributed by atoms with Crippen LogP contribution in [0.1, 0.15) is 32.6 Å². The number of unbranched alkanes of at least 4 members (excludes halogenated alkanes) is 2. The Labute approximate surface area is 103 Å². The Morgan fingerprint density at radius 2 is 1.71 bits per heavy atom. The van der Waals surface area contributed by atoms with Crippen molar-refractivity contribution in [3.8, 4) is 11.5 Å². The average Bonchev–Trinajstić information content (AvgIpc) is 2.34. The summed E-state index contributed by atoms with van der Waals surface area (Å²) in [7, 11) is 1.64. The molecule has 0 N–H and O–H groups in total. The number of carbonyl (C=O) groups excluding carboxylic acids is 1. The normalized spacial score (nSPS) is 10.0. The van der Waals surface area contributed by atoms with Crippen LogP contribution in [0.15, 0.2) is 24.3 Å². The summed E-state index contributed by atoms with van der Waals surface area (Å²) in [5.74, 6) is 1.96. The second-order valence-electron chi connectivity index (χ2n) is 4.04. The largest absolute Gasteiger partial charge is 0.497 e. The summed E-state index contributed by atoms with van der Waals surface area (Å²) in [6.45, 7) is 2.33. The zero-order valence-electron chi connectivity index (χ0n) is 10.6. The van der Waals surface area contributed by atoms with Crippen LogP contribution in [0.4, 0.5) is 0 Å². The van der Waals surface area contributed by atoms with E-state index in [4.69, 9.17) is 9.47 Å². The van der Waals surface area contributed by atoms with Crippen molar-refractivity contribution in [3.63, 3.8) is 0 Å². The maximum atomic E-state index is 10.7. The van der Waals surface area contributed by atoms with Gasteiger partial charge >= 0.3 is 0 Å². The number of carbonyl (C=O) groups is 1. The number of Topliss-reactive ketones (excluding diaryl/α,β-unsaturated/α-hetero) is 1. The van der Waals surface area contributed by atoms with Gasteiger partial charge in [-0.3, -0.25) is 0 Å². The van der Waals surface area contributed by atoms with Gasteiger partial charge < -0.3 is 14.3 Å². The second kappa shape index (κ2) is 7.71. The monoisotopic (exact) mass is 236 g/mol. The molecule has 94 valence electrons. The molecule has 0 aromatic heterocycles. The van der Waals surface area contributed by atoms with Crippen molar-refractivity contribution in [2.75, 3.05) is 13.7 Å². The first-order valence-corrected chi connectivity index (χ1v) is 5.98. The van der Waals surface area contributed by atoms with Crippen LogP contribution in [-0.4, -0.2) is 19.5 Å². The van der Waals surface area contributed by atoms with Crippen LogP contribution in [0.25, 0.3) is 0 Å². The minimum atomic E-state index is 0.265. The third-order valence-electron chi connectivity index (χ3n) is 2.50. The van der Waals surface area contributed by atoms with Gasteiger partial charge in [-0.1, -0.05) is 0 Å². The quantitative estimate of drug-likeness (QED) is 0.650. The molecule has 0 saturated carbocycles. The van der Waals surface area contributed by atoms with E-state index in [1.807, 2.05) is 24.3 Å². The number of rotatable bonds is 8. The Morgan fingerprint density at radius 1 is 1.06 bits per heavy atom. The fraction of sp³-hybridized carbons (Fsp3) is 0.500. The van der Waals surface area contributed by atoms with Gasteiger partial charge in [0.25, 0.3) is 0 Å². The third kappa shape index (κ3) is 5.95. The molecule has 0 bridgehead atoms. The topological polar surface area (TPSA) is 35.5 Å². The molecular weight excluding hydrogens is 216 g/mol. The molecule has 0 radical (unpaired) electrons. The van der Waals surface area contributed by atoms with Crippen LogP contribution in [0.5, 0.6) is 11.5 Å². The lowest BCUT2D eigenvalue weighted by molar-refractivity contribution is -0.117. The van der Waals surface area contributed by atoms with Crippen molar-refractivity contribution in [3.05, 3.63) is 24.3 Å². The van der Waals surface area contributed by atoms with Gasteiger partial charge in [-0.15, -0.1) is 0 Å². The highest BCUT2D eigenvalue weighted by Crippen LogP contribution is 2.17. The molecule has 0 unspecified atom stereocenters. The van der Waals surface area contributed by atoms with Crippen LogP contribution >= 0.6 is 0 Å². The summed E-state index contributed by atoms with van der Waals surface area (Å²) in [6, 6.07) is 7.55. The van der Waals surface area contributed by atoms with Gasteiger partial charge in [0, 0.05) is 6.42 Å². The molecule has 3 nitrogen and oxygen atoms in total. The minimum Gasteiger partial charge on any atom is -0.497 e. The Balaban J connectivity index is 2.11. The molecule has 0 fully saturated rings. The van der Waals surface area contributed by atoms with E-state index in [1.54, 1.807) is 14.0 Å². The lowest BCUT2D eigenvalue weighted by atomic mass is 10.1. The van der Waals surface area contributed by atoms with Gasteiger partial charge in [-0.05, 0) is 50.5 Å². The van der Waals surface area contributed by atoms with Crippen LogP contribution in [0.3, 0.4) is 0 Å². The first kappa shape index (κ1) is 13.6. The van der Waals surface area contributed by atoms with Gasteiger partial charge in [0.15, 0.2) is 0 Å². The summed E-state index contributed by atoms with van der Waals surface area (Å²) >= 11 is 0. The molecule has 0 heterocycles. The van der Waals surface area contributed by atoms with Crippen molar-refractivity contribution < 1.29 is 14.3 Å². The molecule has 0 aliphatic carbocycles. The molecule has 1 aromatic carbocycles. The number of ketones is 1. The number of benzene rings is 1. The zero-order chi connectivity index (χ0) is 12.5. The Kier molecular flexibility index (Phi) is 6.15. The van der Waals surface area contributed by atoms with E-state index in [-0.39, 0.29) is 5.78 Å². The number of hydrogen-bond acceptors (Lipinski definition) is 3. The smallest absolute Gasteiger partial charge is 0.129 e. The maximum Gasteiger partial charge on any atom is 0.129 e. The maximum absolute atomic E-state index is 10.7. The van der Waals surface area contributed by atoms with Crippen LogP contribution in [0, 0.1) is 0 Å². The first-order valence-electron chi connectivity index (χ1n) is 5.98. The molecular formula is C14H20O3. The highest BCUT2D eigenvalue weighted by Gasteiger charge is 1.96. The number of ether oxygens (including phenoxy) is 2. The van der Waals surface area contributed by atoms with Crippen molar-refractivity contribution in [1.29, 1.82) is 0 Å². The molecule has 3 heteroatoms. The Bertz CT molecular complexity index is 330. The third-order valence-corrected chi connectivity index (χ3v) is 2.50. The molecule has 0 atom stereocenters. The van der Waals surface area contributed by atoms with Gasteiger partial charge in [-0.25, -0.2) is 0 Å². The molecule has 0 aliphatic rings. The lowest BCUT2D eigenvalue weighted by Crippen LogP contribution is -1.98. The second-order valence-corrected chi connectivity index (χ2v) is 4.04. The molecule has 1 aromatic rings. The van der Waals surface area contributed by atoms with E-state index in [0.717, 1.165) is 30.8 Å².